The van der Waals surface area contributed by atoms with Crippen molar-refractivity contribution in [3.63, 3.8) is 0 Å². The zero-order valence-corrected chi connectivity index (χ0v) is 16.6. The lowest BCUT2D eigenvalue weighted by Crippen LogP contribution is -2.51. The van der Waals surface area contributed by atoms with Gasteiger partial charge >= 0.3 is 0 Å². The van der Waals surface area contributed by atoms with Crippen molar-refractivity contribution in [2.24, 2.45) is 5.10 Å². The van der Waals surface area contributed by atoms with Crippen molar-refractivity contribution in [2.45, 2.75) is 31.6 Å². The topological polar surface area (TPSA) is 62.1 Å². The van der Waals surface area contributed by atoms with Crippen LogP contribution in [0, 0.1) is 0 Å². The first-order valence-corrected chi connectivity index (χ1v) is 9.69. The van der Waals surface area contributed by atoms with Gasteiger partial charge in [0.1, 0.15) is 18.1 Å². The van der Waals surface area contributed by atoms with Crippen molar-refractivity contribution in [1.29, 1.82) is 0 Å². The maximum Gasteiger partial charge on any atom is 0.287 e. The van der Waals surface area contributed by atoms with E-state index in [1.54, 1.807) is 12.1 Å². The largest absolute Gasteiger partial charge is 0.488 e. The Balaban J connectivity index is 1.56. The normalized spacial score (nSPS) is 18.5. The summed E-state index contributed by atoms with van der Waals surface area (Å²) in [5.41, 5.74) is -3.65. The summed E-state index contributed by atoms with van der Waals surface area (Å²) in [5.74, 6) is -0.493. The van der Waals surface area contributed by atoms with Crippen molar-refractivity contribution in [3.8, 4) is 5.75 Å². The fourth-order valence-corrected chi connectivity index (χ4v) is 3.50. The molecule has 0 saturated heterocycles. The van der Waals surface area contributed by atoms with Crippen LogP contribution < -0.4 is 4.74 Å². The first-order chi connectivity index (χ1) is 15.3. The third-order valence-corrected chi connectivity index (χ3v) is 5.15. The van der Waals surface area contributed by atoms with Crippen LogP contribution in [0.5, 0.6) is 5.75 Å². The standard InChI is InChI=1S/C23H18F4N2O3/c24-20(25)18-12-23(31,22(26)27)29(28-18)21(30)16-8-3-5-14(11-16)13-32-19-10-4-7-15-6-1-2-9-17(15)19/h1-11,20,22,31H,12-13H2/t23-/m1/s1. The van der Waals surface area contributed by atoms with Crippen LogP contribution in [0.1, 0.15) is 22.3 Å². The molecule has 0 saturated carbocycles. The summed E-state index contributed by atoms with van der Waals surface area (Å²) in [6, 6.07) is 19.1. The predicted octanol–water partition coefficient (Wildman–Crippen LogP) is 4.84. The number of ether oxygens (including phenoxy) is 1. The number of fused-ring (bicyclic) bond motifs is 1. The number of carbonyl (C=O) groups excluding carboxylic acids is 1. The van der Waals surface area contributed by atoms with Gasteiger partial charge in [-0.2, -0.15) is 10.1 Å². The number of halogens is 4. The first kappa shape index (κ1) is 21.8. The van der Waals surface area contributed by atoms with E-state index in [9.17, 15) is 27.5 Å². The van der Waals surface area contributed by atoms with Gasteiger partial charge in [-0.25, -0.2) is 17.6 Å². The van der Waals surface area contributed by atoms with Gasteiger partial charge in [0, 0.05) is 17.4 Å². The number of benzene rings is 3. The van der Waals surface area contributed by atoms with E-state index >= 15 is 0 Å². The summed E-state index contributed by atoms with van der Waals surface area (Å²) in [6.07, 6.45) is -7.78. The van der Waals surface area contributed by atoms with Crippen LogP contribution in [0.2, 0.25) is 0 Å². The zero-order valence-electron chi connectivity index (χ0n) is 16.6. The molecule has 0 unspecified atom stereocenters. The molecule has 1 atom stereocenters. The highest BCUT2D eigenvalue weighted by molar-refractivity contribution is 5.99. The highest BCUT2D eigenvalue weighted by atomic mass is 19.3. The molecule has 9 heteroatoms. The number of nitrogens with zero attached hydrogens (tertiary/aromatic N) is 2. The van der Waals surface area contributed by atoms with Gasteiger partial charge in [-0.1, -0.05) is 48.5 Å². The Kier molecular flexibility index (Phi) is 5.84. The smallest absolute Gasteiger partial charge is 0.287 e. The van der Waals surface area contributed by atoms with Gasteiger partial charge in [-0.15, -0.1) is 0 Å². The summed E-state index contributed by atoms with van der Waals surface area (Å²) in [5, 5.41) is 15.4. The summed E-state index contributed by atoms with van der Waals surface area (Å²) >= 11 is 0. The average Bonchev–Trinajstić information content (AvgIpc) is 3.16. The van der Waals surface area contributed by atoms with Gasteiger partial charge in [0.2, 0.25) is 5.72 Å². The SMILES string of the molecule is O=C(c1cccc(COc2cccc3ccccc23)c1)N1N=C(C(F)F)C[C@@]1(O)C(F)F. The van der Waals surface area contributed by atoms with Crippen molar-refractivity contribution < 1.29 is 32.2 Å². The van der Waals surface area contributed by atoms with Crippen LogP contribution in [0.25, 0.3) is 10.8 Å². The first-order valence-electron chi connectivity index (χ1n) is 9.69. The van der Waals surface area contributed by atoms with Crippen LogP contribution >= 0.6 is 0 Å². The molecule has 0 fully saturated rings. The highest BCUT2D eigenvalue weighted by Crippen LogP contribution is 2.34. The van der Waals surface area contributed by atoms with E-state index in [1.807, 2.05) is 36.4 Å². The number of hydrogen-bond donors (Lipinski definition) is 1. The van der Waals surface area contributed by atoms with Crippen molar-refractivity contribution in [3.05, 3.63) is 77.9 Å². The van der Waals surface area contributed by atoms with Gasteiger partial charge in [0.15, 0.2) is 0 Å². The predicted molar refractivity (Wildman–Crippen MR) is 110 cm³/mol. The van der Waals surface area contributed by atoms with E-state index in [4.69, 9.17) is 4.74 Å². The Morgan fingerprint density at radius 1 is 1.06 bits per heavy atom. The van der Waals surface area contributed by atoms with Gasteiger partial charge in [0.05, 0.1) is 0 Å². The molecule has 1 amide bonds. The Hall–Kier alpha value is -3.46. The minimum Gasteiger partial charge on any atom is -0.488 e. The molecule has 32 heavy (non-hydrogen) atoms. The van der Waals surface area contributed by atoms with Gasteiger partial charge in [-0.3, -0.25) is 4.79 Å². The lowest BCUT2D eigenvalue weighted by molar-refractivity contribution is -0.164. The third-order valence-electron chi connectivity index (χ3n) is 5.15. The van der Waals surface area contributed by atoms with Gasteiger partial charge in [0.25, 0.3) is 18.8 Å². The maximum atomic E-state index is 13.4. The van der Waals surface area contributed by atoms with Gasteiger partial charge < -0.3 is 9.84 Å². The van der Waals surface area contributed by atoms with E-state index in [0.717, 1.165) is 10.8 Å². The van der Waals surface area contributed by atoms with Crippen molar-refractivity contribution in [1.82, 2.24) is 5.01 Å². The second-order valence-corrected chi connectivity index (χ2v) is 7.33. The number of rotatable bonds is 6. The fourth-order valence-electron chi connectivity index (χ4n) is 3.50. The number of alkyl halides is 4. The minimum absolute atomic E-state index is 0.0455. The number of carbonyl (C=O) groups is 1. The molecule has 0 aromatic heterocycles. The van der Waals surface area contributed by atoms with Crippen LogP contribution in [0.3, 0.4) is 0 Å². The molecular weight excluding hydrogens is 428 g/mol. The molecule has 166 valence electrons. The third kappa shape index (κ3) is 4.03. The molecule has 1 heterocycles. The van der Waals surface area contributed by atoms with Gasteiger partial charge in [-0.05, 0) is 29.1 Å². The molecule has 0 bridgehead atoms. The molecule has 5 nitrogen and oxygen atoms in total. The second-order valence-electron chi connectivity index (χ2n) is 7.33. The molecule has 3 aromatic rings. The quantitative estimate of drug-likeness (QED) is 0.552. The highest BCUT2D eigenvalue weighted by Gasteiger charge is 2.53. The molecule has 0 radical (unpaired) electrons. The Morgan fingerprint density at radius 3 is 2.53 bits per heavy atom. The van der Waals surface area contributed by atoms with Crippen LogP contribution in [-0.2, 0) is 6.61 Å². The molecule has 4 rings (SSSR count). The van der Waals surface area contributed by atoms with E-state index < -0.39 is 36.6 Å². The van der Waals surface area contributed by atoms with Crippen LogP contribution in [0.4, 0.5) is 17.6 Å². The zero-order chi connectivity index (χ0) is 22.9. The summed E-state index contributed by atoms with van der Waals surface area (Å²) in [7, 11) is 0. The molecule has 0 aliphatic carbocycles. The molecule has 0 spiro atoms. The summed E-state index contributed by atoms with van der Waals surface area (Å²) in [6.45, 7) is 0.0692. The fraction of sp³-hybridized carbons (Fsp3) is 0.217. The number of hydrazone groups is 1. The Labute approximate surface area is 180 Å². The average molecular weight is 446 g/mol. The van der Waals surface area contributed by atoms with Crippen LogP contribution in [0.15, 0.2) is 71.8 Å². The van der Waals surface area contributed by atoms with E-state index in [1.165, 1.54) is 18.2 Å². The molecule has 1 aliphatic heterocycles. The summed E-state index contributed by atoms with van der Waals surface area (Å²) < 4.78 is 58.7. The van der Waals surface area contributed by atoms with Crippen LogP contribution in [-0.4, -0.2) is 40.3 Å². The lowest BCUT2D eigenvalue weighted by atomic mass is 10.1. The van der Waals surface area contributed by atoms with E-state index in [2.05, 4.69) is 5.10 Å². The van der Waals surface area contributed by atoms with Crippen molar-refractivity contribution >= 4 is 22.4 Å². The minimum atomic E-state index is -3.48. The number of hydrogen-bond acceptors (Lipinski definition) is 4. The monoisotopic (exact) mass is 446 g/mol. The Morgan fingerprint density at radius 2 is 1.78 bits per heavy atom. The van der Waals surface area contributed by atoms with E-state index in [0.29, 0.717) is 11.3 Å². The molecule has 1 aliphatic rings. The van der Waals surface area contributed by atoms with Crippen molar-refractivity contribution in [2.75, 3.05) is 0 Å². The Bertz CT molecular complexity index is 1180. The summed E-state index contributed by atoms with van der Waals surface area (Å²) in [4.78, 5) is 12.8. The lowest BCUT2D eigenvalue weighted by Gasteiger charge is -2.30. The molecule has 1 N–H and O–H groups in total. The molecule has 3 aromatic carbocycles. The number of amides is 1. The second kappa shape index (κ2) is 8.58. The molecular formula is C23H18F4N2O3. The van der Waals surface area contributed by atoms with E-state index in [-0.39, 0.29) is 17.2 Å². The number of aliphatic hydroxyl groups is 1. The maximum absolute atomic E-state index is 13.4.